The van der Waals surface area contributed by atoms with Crippen LogP contribution < -0.4 is 16.1 Å². The standard InChI is InChI=1S/C23H26N6O5/c1-25-20-19(22(32)29(23(25)33)15-18(30)27-8-2-3-9-27)16(6-7-24-20)26-10-12-28(13-11-26)21(31)17-5-4-14-34-17/h4-7,14H,2-3,8-13,15H2,1H3. The van der Waals surface area contributed by atoms with Crippen LogP contribution in [0.1, 0.15) is 23.4 Å². The molecule has 0 unspecified atom stereocenters. The summed E-state index contributed by atoms with van der Waals surface area (Å²) in [4.78, 5) is 61.4. The number of hydrogen-bond acceptors (Lipinski definition) is 7. The Kier molecular flexibility index (Phi) is 5.68. The number of rotatable bonds is 4. The maximum absolute atomic E-state index is 13.5. The molecular formula is C23H26N6O5. The molecule has 178 valence electrons. The van der Waals surface area contributed by atoms with Crippen molar-refractivity contribution in [1.82, 2.24) is 23.9 Å². The van der Waals surface area contributed by atoms with E-state index < -0.39 is 11.2 Å². The van der Waals surface area contributed by atoms with Crippen LogP contribution in [0.15, 0.2) is 44.7 Å². The van der Waals surface area contributed by atoms with Gasteiger partial charge >= 0.3 is 5.69 Å². The van der Waals surface area contributed by atoms with E-state index in [0.29, 0.717) is 56.1 Å². The second kappa shape index (κ2) is 8.81. The number of amides is 2. The first-order valence-corrected chi connectivity index (χ1v) is 11.4. The van der Waals surface area contributed by atoms with E-state index in [0.717, 1.165) is 17.4 Å². The normalized spacial score (nSPS) is 16.4. The van der Waals surface area contributed by atoms with Crippen molar-refractivity contribution in [2.45, 2.75) is 19.4 Å². The molecule has 0 spiro atoms. The summed E-state index contributed by atoms with van der Waals surface area (Å²) in [6.07, 6.45) is 4.89. The average Bonchev–Trinajstić information content (AvgIpc) is 3.59. The SMILES string of the molecule is Cn1c(=O)n(CC(=O)N2CCCC2)c(=O)c2c(N3CCN(C(=O)c4ccco4)CC3)ccnc21. The molecule has 2 fully saturated rings. The first-order valence-electron chi connectivity index (χ1n) is 11.4. The number of carbonyl (C=O) groups is 2. The second-order valence-electron chi connectivity index (χ2n) is 8.61. The van der Waals surface area contributed by atoms with Gasteiger partial charge in [-0.15, -0.1) is 0 Å². The van der Waals surface area contributed by atoms with Gasteiger partial charge in [-0.3, -0.25) is 23.5 Å². The number of fused-ring (bicyclic) bond motifs is 1. The number of pyridine rings is 1. The Morgan fingerprint density at radius 1 is 1.00 bits per heavy atom. The molecule has 3 aromatic rings. The van der Waals surface area contributed by atoms with Crippen molar-refractivity contribution in [2.24, 2.45) is 7.05 Å². The lowest BCUT2D eigenvalue weighted by atomic mass is 10.2. The Morgan fingerprint density at radius 2 is 1.74 bits per heavy atom. The van der Waals surface area contributed by atoms with Gasteiger partial charge in [0.2, 0.25) is 5.91 Å². The highest BCUT2D eigenvalue weighted by Crippen LogP contribution is 2.23. The lowest BCUT2D eigenvalue weighted by Crippen LogP contribution is -2.49. The van der Waals surface area contributed by atoms with Crippen molar-refractivity contribution in [2.75, 3.05) is 44.2 Å². The Bertz CT molecular complexity index is 1340. The number of carbonyl (C=O) groups excluding carboxylic acids is 2. The van der Waals surface area contributed by atoms with Gasteiger partial charge in [-0.05, 0) is 31.0 Å². The number of furan rings is 1. The highest BCUT2D eigenvalue weighted by molar-refractivity contribution is 5.92. The molecule has 34 heavy (non-hydrogen) atoms. The molecule has 11 nitrogen and oxygen atoms in total. The van der Waals surface area contributed by atoms with E-state index in [1.165, 1.54) is 10.8 Å². The number of nitrogens with zero attached hydrogens (tertiary/aromatic N) is 6. The first-order chi connectivity index (χ1) is 16.5. The zero-order chi connectivity index (χ0) is 23.8. The number of piperazine rings is 1. The van der Waals surface area contributed by atoms with Crippen LogP contribution in [-0.2, 0) is 18.4 Å². The summed E-state index contributed by atoms with van der Waals surface area (Å²) in [6, 6.07) is 5.05. The van der Waals surface area contributed by atoms with Gasteiger partial charge in [-0.25, -0.2) is 9.78 Å². The fraction of sp³-hybridized carbons (Fsp3) is 0.435. The zero-order valence-corrected chi connectivity index (χ0v) is 19.0. The van der Waals surface area contributed by atoms with Crippen molar-refractivity contribution < 1.29 is 14.0 Å². The minimum Gasteiger partial charge on any atom is -0.459 e. The molecule has 0 atom stereocenters. The number of aromatic nitrogens is 3. The molecule has 2 aliphatic heterocycles. The summed E-state index contributed by atoms with van der Waals surface area (Å²) in [5.74, 6) is -0.107. The third-order valence-electron chi connectivity index (χ3n) is 6.60. The number of hydrogen-bond donors (Lipinski definition) is 0. The minimum absolute atomic E-state index is 0.172. The van der Waals surface area contributed by atoms with Crippen LogP contribution in [0.25, 0.3) is 11.0 Å². The molecule has 5 rings (SSSR count). The van der Waals surface area contributed by atoms with Gasteiger partial charge in [0, 0.05) is 52.5 Å². The highest BCUT2D eigenvalue weighted by atomic mass is 16.3. The van der Waals surface area contributed by atoms with Gasteiger partial charge < -0.3 is 19.1 Å². The first kappa shape index (κ1) is 21.9. The number of anilines is 1. The zero-order valence-electron chi connectivity index (χ0n) is 19.0. The topological polar surface area (TPSA) is 114 Å². The predicted octanol–water partition coefficient (Wildman–Crippen LogP) is 0.273. The lowest BCUT2D eigenvalue weighted by molar-refractivity contribution is -0.130. The van der Waals surface area contributed by atoms with Crippen LogP contribution >= 0.6 is 0 Å². The summed E-state index contributed by atoms with van der Waals surface area (Å²) in [5, 5.41) is 0.296. The molecule has 2 amide bonds. The van der Waals surface area contributed by atoms with Crippen molar-refractivity contribution in [3.8, 4) is 0 Å². The van der Waals surface area contributed by atoms with Gasteiger partial charge in [0.05, 0.1) is 12.0 Å². The summed E-state index contributed by atoms with van der Waals surface area (Å²) in [6.45, 7) is 2.92. The smallest absolute Gasteiger partial charge is 0.332 e. The quantitative estimate of drug-likeness (QED) is 0.542. The molecule has 0 aliphatic carbocycles. The van der Waals surface area contributed by atoms with Crippen molar-refractivity contribution in [1.29, 1.82) is 0 Å². The number of aryl methyl sites for hydroxylation is 1. The van der Waals surface area contributed by atoms with Crippen molar-refractivity contribution in [3.63, 3.8) is 0 Å². The van der Waals surface area contributed by atoms with Crippen LogP contribution in [0.3, 0.4) is 0 Å². The molecule has 2 aliphatic rings. The van der Waals surface area contributed by atoms with Gasteiger partial charge in [0.15, 0.2) is 11.4 Å². The van der Waals surface area contributed by atoms with Gasteiger partial charge in [0.25, 0.3) is 11.5 Å². The molecule has 0 bridgehead atoms. The summed E-state index contributed by atoms with van der Waals surface area (Å²) in [5.41, 5.74) is -0.184. The monoisotopic (exact) mass is 466 g/mol. The third kappa shape index (κ3) is 3.76. The molecule has 2 saturated heterocycles. The molecule has 11 heteroatoms. The predicted molar refractivity (Wildman–Crippen MR) is 124 cm³/mol. The third-order valence-corrected chi connectivity index (χ3v) is 6.60. The van der Waals surface area contributed by atoms with Crippen LogP contribution in [0.5, 0.6) is 0 Å². The van der Waals surface area contributed by atoms with Crippen LogP contribution in [-0.4, -0.2) is 75.0 Å². The van der Waals surface area contributed by atoms with Crippen LogP contribution in [0, 0.1) is 0 Å². The van der Waals surface area contributed by atoms with E-state index in [2.05, 4.69) is 4.98 Å². The Morgan fingerprint density at radius 3 is 2.41 bits per heavy atom. The molecule has 3 aromatic heterocycles. The van der Waals surface area contributed by atoms with Crippen molar-refractivity contribution >= 4 is 28.5 Å². The maximum atomic E-state index is 13.5. The fourth-order valence-corrected chi connectivity index (χ4v) is 4.71. The van der Waals surface area contributed by atoms with E-state index in [1.807, 2.05) is 4.90 Å². The number of likely N-dealkylation sites (tertiary alicyclic amines) is 1. The molecule has 0 aromatic carbocycles. The fourth-order valence-electron chi connectivity index (χ4n) is 4.71. The van der Waals surface area contributed by atoms with Crippen LogP contribution in [0.2, 0.25) is 0 Å². The highest BCUT2D eigenvalue weighted by Gasteiger charge is 2.27. The maximum Gasteiger partial charge on any atom is 0.332 e. The molecule has 0 saturated carbocycles. The van der Waals surface area contributed by atoms with E-state index in [-0.39, 0.29) is 24.0 Å². The Hall–Kier alpha value is -3.89. The summed E-state index contributed by atoms with van der Waals surface area (Å²) >= 11 is 0. The molecule has 0 radical (unpaired) electrons. The Balaban J connectivity index is 1.46. The van der Waals surface area contributed by atoms with Crippen molar-refractivity contribution in [3.05, 3.63) is 57.3 Å². The molecule has 0 N–H and O–H groups in total. The molecule has 5 heterocycles. The molecular weight excluding hydrogens is 440 g/mol. The summed E-state index contributed by atoms with van der Waals surface area (Å²) < 4.78 is 7.54. The summed E-state index contributed by atoms with van der Waals surface area (Å²) in [7, 11) is 1.55. The van der Waals surface area contributed by atoms with Gasteiger partial charge in [-0.2, -0.15) is 0 Å². The Labute approximate surface area is 194 Å². The van der Waals surface area contributed by atoms with Crippen LogP contribution in [0.4, 0.5) is 5.69 Å². The average molecular weight is 466 g/mol. The van der Waals surface area contributed by atoms with E-state index in [9.17, 15) is 19.2 Å². The van der Waals surface area contributed by atoms with E-state index >= 15 is 0 Å². The van der Waals surface area contributed by atoms with E-state index in [1.54, 1.807) is 41.2 Å². The minimum atomic E-state index is -0.566. The van der Waals surface area contributed by atoms with Gasteiger partial charge in [-0.1, -0.05) is 0 Å². The second-order valence-corrected chi connectivity index (χ2v) is 8.61. The van der Waals surface area contributed by atoms with Gasteiger partial charge in [0.1, 0.15) is 11.9 Å². The lowest BCUT2D eigenvalue weighted by Gasteiger charge is -2.36. The largest absolute Gasteiger partial charge is 0.459 e. The van der Waals surface area contributed by atoms with E-state index in [4.69, 9.17) is 4.42 Å².